The molecule has 0 radical (unpaired) electrons. The van der Waals surface area contributed by atoms with Crippen LogP contribution in [0.3, 0.4) is 0 Å². The number of aromatic nitrogens is 2. The van der Waals surface area contributed by atoms with Gasteiger partial charge in [-0.1, -0.05) is 35.9 Å². The Morgan fingerprint density at radius 2 is 1.97 bits per heavy atom. The average molecular weight is 429 g/mol. The number of thioether (sulfide) groups is 1. The van der Waals surface area contributed by atoms with Crippen LogP contribution in [0.25, 0.3) is 11.3 Å². The molecule has 0 aliphatic rings. The van der Waals surface area contributed by atoms with Crippen molar-refractivity contribution < 1.29 is 9.90 Å². The Morgan fingerprint density at radius 3 is 2.69 bits per heavy atom. The quantitative estimate of drug-likeness (QED) is 0.446. The Morgan fingerprint density at radius 1 is 1.21 bits per heavy atom. The van der Waals surface area contributed by atoms with E-state index in [2.05, 4.69) is 15.3 Å². The van der Waals surface area contributed by atoms with E-state index in [-0.39, 0.29) is 5.95 Å². The largest absolute Gasteiger partial charge is 0.478 e. The summed E-state index contributed by atoms with van der Waals surface area (Å²) in [6.45, 7) is 2.66. The van der Waals surface area contributed by atoms with Crippen LogP contribution in [0.5, 0.6) is 0 Å². The molecular weight excluding hydrogens is 408 g/mol. The van der Waals surface area contributed by atoms with Gasteiger partial charge in [0.1, 0.15) is 5.82 Å². The number of hydrogen-bond acceptors (Lipinski definition) is 6. The molecule has 0 bridgehead atoms. The first kappa shape index (κ1) is 21.0. The molecule has 1 aromatic heterocycles. The maximum atomic E-state index is 10.9. The van der Waals surface area contributed by atoms with Gasteiger partial charge in [-0.05, 0) is 36.2 Å². The van der Waals surface area contributed by atoms with Crippen molar-refractivity contribution >= 4 is 41.1 Å². The van der Waals surface area contributed by atoms with Crippen LogP contribution >= 0.6 is 23.4 Å². The molecule has 3 rings (SSSR count). The number of nitrogens with zero attached hydrogens (tertiary/aromatic N) is 2. The highest BCUT2D eigenvalue weighted by Crippen LogP contribution is 2.28. The fraction of sp³-hybridized carbons (Fsp3) is 0.190. The number of anilines is 2. The SMILES string of the molecule is Cc1c(Cl)cccc1-c1cc(NCCSCc2ccc(C(=O)O)cc2)nc(N)n1. The number of nitrogens with one attached hydrogen (secondary N) is 1. The van der Waals surface area contributed by atoms with E-state index in [9.17, 15) is 4.79 Å². The summed E-state index contributed by atoms with van der Waals surface area (Å²) < 4.78 is 0. The molecule has 150 valence electrons. The third kappa shape index (κ3) is 5.62. The van der Waals surface area contributed by atoms with Crippen LogP contribution in [0.1, 0.15) is 21.5 Å². The number of carboxylic acid groups (broad SMARTS) is 1. The Kier molecular flexibility index (Phi) is 6.95. The smallest absolute Gasteiger partial charge is 0.335 e. The van der Waals surface area contributed by atoms with Gasteiger partial charge in [-0.25, -0.2) is 9.78 Å². The van der Waals surface area contributed by atoms with Crippen LogP contribution in [0, 0.1) is 6.92 Å². The van der Waals surface area contributed by atoms with Crippen molar-refractivity contribution in [2.75, 3.05) is 23.3 Å². The molecule has 8 heteroatoms. The van der Waals surface area contributed by atoms with Crippen molar-refractivity contribution in [3.8, 4) is 11.3 Å². The van der Waals surface area contributed by atoms with E-state index in [1.54, 1.807) is 23.9 Å². The molecule has 4 N–H and O–H groups in total. The first-order valence-electron chi connectivity index (χ1n) is 8.98. The second kappa shape index (κ2) is 9.62. The maximum Gasteiger partial charge on any atom is 0.335 e. The van der Waals surface area contributed by atoms with Gasteiger partial charge in [0, 0.05) is 34.7 Å². The van der Waals surface area contributed by atoms with Crippen molar-refractivity contribution in [1.29, 1.82) is 0 Å². The third-order valence-corrected chi connectivity index (χ3v) is 5.75. The molecule has 0 aliphatic carbocycles. The minimum absolute atomic E-state index is 0.204. The first-order valence-corrected chi connectivity index (χ1v) is 10.5. The Bertz CT molecular complexity index is 1010. The predicted molar refractivity (Wildman–Crippen MR) is 120 cm³/mol. The summed E-state index contributed by atoms with van der Waals surface area (Å²) in [5, 5.41) is 12.9. The number of hydrogen-bond donors (Lipinski definition) is 3. The Balaban J connectivity index is 1.55. The molecule has 0 amide bonds. The minimum atomic E-state index is -0.912. The molecule has 0 aliphatic heterocycles. The predicted octanol–water partition coefficient (Wildman–Crippen LogP) is 4.73. The molecule has 3 aromatic rings. The van der Waals surface area contributed by atoms with Crippen molar-refractivity contribution in [2.24, 2.45) is 0 Å². The summed E-state index contributed by atoms with van der Waals surface area (Å²) in [7, 11) is 0. The summed E-state index contributed by atoms with van der Waals surface area (Å²) in [5.74, 6) is 1.62. The van der Waals surface area contributed by atoms with Crippen molar-refractivity contribution in [3.05, 3.63) is 70.2 Å². The lowest BCUT2D eigenvalue weighted by atomic mass is 10.1. The van der Waals surface area contributed by atoms with Gasteiger partial charge in [0.05, 0.1) is 11.3 Å². The average Bonchev–Trinajstić information content (AvgIpc) is 2.69. The molecular formula is C21H21ClN4O2S. The third-order valence-electron chi connectivity index (χ3n) is 4.31. The fourth-order valence-electron chi connectivity index (χ4n) is 2.76. The molecule has 0 atom stereocenters. The first-order chi connectivity index (χ1) is 13.9. The lowest BCUT2D eigenvalue weighted by molar-refractivity contribution is 0.0697. The van der Waals surface area contributed by atoms with Gasteiger partial charge < -0.3 is 16.2 Å². The molecule has 29 heavy (non-hydrogen) atoms. The molecule has 0 saturated heterocycles. The number of rotatable bonds is 8. The van der Waals surface area contributed by atoms with E-state index in [0.29, 0.717) is 22.9 Å². The van der Waals surface area contributed by atoms with Crippen LogP contribution in [0.2, 0.25) is 5.02 Å². The molecule has 0 fully saturated rings. The fourth-order valence-corrected chi connectivity index (χ4v) is 3.76. The summed E-state index contributed by atoms with van der Waals surface area (Å²) in [4.78, 5) is 19.5. The second-order valence-electron chi connectivity index (χ2n) is 6.39. The van der Waals surface area contributed by atoms with Gasteiger partial charge in [-0.3, -0.25) is 0 Å². The summed E-state index contributed by atoms with van der Waals surface area (Å²) in [5.41, 5.74) is 9.87. The van der Waals surface area contributed by atoms with E-state index in [1.165, 1.54) is 0 Å². The molecule has 0 saturated carbocycles. The van der Waals surface area contributed by atoms with Crippen LogP contribution < -0.4 is 11.1 Å². The van der Waals surface area contributed by atoms with Crippen molar-refractivity contribution in [2.45, 2.75) is 12.7 Å². The molecule has 0 unspecified atom stereocenters. The maximum absolute atomic E-state index is 10.9. The zero-order valence-corrected chi connectivity index (χ0v) is 17.4. The number of nitrogens with two attached hydrogens (primary N) is 1. The van der Waals surface area contributed by atoms with Crippen LogP contribution in [-0.2, 0) is 5.75 Å². The van der Waals surface area contributed by atoms with E-state index in [1.807, 2.05) is 43.3 Å². The van der Waals surface area contributed by atoms with Gasteiger partial charge in [-0.2, -0.15) is 16.7 Å². The second-order valence-corrected chi connectivity index (χ2v) is 7.90. The zero-order valence-electron chi connectivity index (χ0n) is 15.9. The van der Waals surface area contributed by atoms with Gasteiger partial charge in [0.25, 0.3) is 0 Å². The number of benzene rings is 2. The van der Waals surface area contributed by atoms with Gasteiger partial charge in [-0.15, -0.1) is 0 Å². The molecule has 1 heterocycles. The lowest BCUT2D eigenvalue weighted by Gasteiger charge is -2.11. The van der Waals surface area contributed by atoms with Crippen LogP contribution in [0.4, 0.5) is 11.8 Å². The standard InChI is InChI=1S/C21H21ClN4O2S/c1-13-16(3-2-4-17(13)22)18-11-19(26-21(23)25-18)24-9-10-29-12-14-5-7-15(8-6-14)20(27)28/h2-8,11H,9-10,12H2,1H3,(H,27,28)(H3,23,24,25,26). The zero-order chi connectivity index (χ0) is 20.8. The minimum Gasteiger partial charge on any atom is -0.478 e. The van der Waals surface area contributed by atoms with Gasteiger partial charge in [0.2, 0.25) is 5.95 Å². The number of carbonyl (C=O) groups is 1. The summed E-state index contributed by atoms with van der Waals surface area (Å²) >= 11 is 7.96. The van der Waals surface area contributed by atoms with Gasteiger partial charge in [0.15, 0.2) is 0 Å². The Labute approximate surface area is 178 Å². The number of carboxylic acids is 1. The molecule has 2 aromatic carbocycles. The lowest BCUT2D eigenvalue weighted by Crippen LogP contribution is -2.08. The van der Waals surface area contributed by atoms with E-state index >= 15 is 0 Å². The highest BCUT2D eigenvalue weighted by molar-refractivity contribution is 7.98. The van der Waals surface area contributed by atoms with Crippen molar-refractivity contribution in [3.63, 3.8) is 0 Å². The van der Waals surface area contributed by atoms with E-state index in [4.69, 9.17) is 22.4 Å². The van der Waals surface area contributed by atoms with Crippen LogP contribution in [0.15, 0.2) is 48.5 Å². The number of nitrogen functional groups attached to an aromatic ring is 1. The highest BCUT2D eigenvalue weighted by Gasteiger charge is 2.09. The molecule has 0 spiro atoms. The topological polar surface area (TPSA) is 101 Å². The number of halogens is 1. The normalized spacial score (nSPS) is 10.7. The van der Waals surface area contributed by atoms with Gasteiger partial charge >= 0.3 is 5.97 Å². The number of aromatic carboxylic acids is 1. The monoisotopic (exact) mass is 428 g/mol. The van der Waals surface area contributed by atoms with E-state index in [0.717, 1.165) is 33.9 Å². The summed E-state index contributed by atoms with van der Waals surface area (Å²) in [6.07, 6.45) is 0. The van der Waals surface area contributed by atoms with Crippen LogP contribution in [-0.4, -0.2) is 33.3 Å². The van der Waals surface area contributed by atoms with E-state index < -0.39 is 5.97 Å². The summed E-state index contributed by atoms with van der Waals surface area (Å²) in [6, 6.07) is 14.5. The Hall–Kier alpha value is -2.77. The molecule has 6 nitrogen and oxygen atoms in total. The highest BCUT2D eigenvalue weighted by atomic mass is 35.5. The van der Waals surface area contributed by atoms with Crippen molar-refractivity contribution in [1.82, 2.24) is 9.97 Å².